The predicted molar refractivity (Wildman–Crippen MR) is 122 cm³/mol. The lowest BCUT2D eigenvalue weighted by Crippen LogP contribution is -2.46. The minimum atomic E-state index is -0.582. The SMILES string of the molecule is Cc1nn(-c2ccccc2)c(C)c1C(=O)C(=O)N1CCC[C@@H](C(=O)Nc2ccccc2)C1. The first-order valence-corrected chi connectivity index (χ1v) is 10.8. The number of hydrogen-bond acceptors (Lipinski definition) is 4. The zero-order valence-corrected chi connectivity index (χ0v) is 18.2. The number of anilines is 1. The highest BCUT2D eigenvalue weighted by Crippen LogP contribution is 2.22. The smallest absolute Gasteiger partial charge is 0.295 e. The Balaban J connectivity index is 1.49. The maximum Gasteiger partial charge on any atom is 0.295 e. The quantitative estimate of drug-likeness (QED) is 0.496. The van der Waals surface area contributed by atoms with Crippen molar-refractivity contribution in [2.45, 2.75) is 26.7 Å². The number of amides is 2. The Bertz CT molecular complexity index is 1140. The largest absolute Gasteiger partial charge is 0.335 e. The highest BCUT2D eigenvalue weighted by Gasteiger charge is 2.34. The molecule has 2 aromatic carbocycles. The first-order valence-electron chi connectivity index (χ1n) is 10.8. The van der Waals surface area contributed by atoms with Crippen LogP contribution in [0.1, 0.15) is 34.6 Å². The van der Waals surface area contributed by atoms with E-state index in [0.29, 0.717) is 36.3 Å². The fourth-order valence-corrected chi connectivity index (χ4v) is 4.18. The first kappa shape index (κ1) is 21.5. The highest BCUT2D eigenvalue weighted by atomic mass is 16.2. The molecule has 0 bridgehead atoms. The molecule has 164 valence electrons. The number of hydrogen-bond donors (Lipinski definition) is 1. The Morgan fingerprint density at radius 3 is 2.31 bits per heavy atom. The maximum atomic E-state index is 13.2. The number of carbonyl (C=O) groups excluding carboxylic acids is 3. The summed E-state index contributed by atoms with van der Waals surface area (Å²) in [6.45, 7) is 4.22. The molecule has 1 aliphatic heterocycles. The number of rotatable bonds is 5. The van der Waals surface area contributed by atoms with E-state index in [2.05, 4.69) is 10.4 Å². The third-order valence-corrected chi connectivity index (χ3v) is 5.83. The molecule has 0 unspecified atom stereocenters. The second-order valence-corrected chi connectivity index (χ2v) is 8.07. The average Bonchev–Trinajstić information content (AvgIpc) is 3.13. The van der Waals surface area contributed by atoms with E-state index >= 15 is 0 Å². The normalized spacial score (nSPS) is 15.9. The van der Waals surface area contributed by atoms with Crippen LogP contribution >= 0.6 is 0 Å². The van der Waals surface area contributed by atoms with Crippen LogP contribution in [0.2, 0.25) is 0 Å². The number of aromatic nitrogens is 2. The molecule has 1 N–H and O–H groups in total. The van der Waals surface area contributed by atoms with Gasteiger partial charge in [0.25, 0.3) is 11.7 Å². The molecule has 1 aliphatic rings. The van der Waals surface area contributed by atoms with Gasteiger partial charge in [0.05, 0.1) is 28.6 Å². The lowest BCUT2D eigenvalue weighted by molar-refractivity contribution is -0.130. The standard InChI is InChI=1S/C25H26N4O3/c1-17-22(18(2)29(27-17)21-13-7-4-8-14-21)23(30)25(32)28-15-9-10-19(16-28)24(31)26-20-11-5-3-6-12-20/h3-8,11-14,19H,9-10,15-16H2,1-2H3,(H,26,31)/t19-/m1/s1. The number of nitrogens with zero attached hydrogens (tertiary/aromatic N) is 3. The summed E-state index contributed by atoms with van der Waals surface area (Å²) in [5.41, 5.74) is 3.02. The molecule has 0 radical (unpaired) electrons. The fourth-order valence-electron chi connectivity index (χ4n) is 4.18. The summed E-state index contributed by atoms with van der Waals surface area (Å²) in [4.78, 5) is 40.4. The number of nitrogens with one attached hydrogen (secondary N) is 1. The molecule has 0 aliphatic carbocycles. The Labute approximate surface area is 187 Å². The van der Waals surface area contributed by atoms with Crippen LogP contribution in [0.3, 0.4) is 0 Å². The van der Waals surface area contributed by atoms with Crippen LogP contribution in [0, 0.1) is 19.8 Å². The monoisotopic (exact) mass is 430 g/mol. The van der Waals surface area contributed by atoms with Gasteiger partial charge in [-0.2, -0.15) is 5.10 Å². The summed E-state index contributed by atoms with van der Waals surface area (Å²) in [5.74, 6) is -1.65. The lowest BCUT2D eigenvalue weighted by atomic mass is 9.96. The van der Waals surface area contributed by atoms with Crippen molar-refractivity contribution in [3.63, 3.8) is 0 Å². The predicted octanol–water partition coefficient (Wildman–Crippen LogP) is 3.55. The number of piperidine rings is 1. The number of aryl methyl sites for hydroxylation is 1. The Morgan fingerprint density at radius 1 is 0.969 bits per heavy atom. The Hall–Kier alpha value is -3.74. The molecule has 0 saturated carbocycles. The van der Waals surface area contributed by atoms with Crippen molar-refractivity contribution in [3.8, 4) is 5.69 Å². The first-order chi connectivity index (χ1) is 15.5. The minimum absolute atomic E-state index is 0.134. The van der Waals surface area contributed by atoms with Crippen molar-refractivity contribution >= 4 is 23.3 Å². The van der Waals surface area contributed by atoms with Crippen molar-refractivity contribution in [2.24, 2.45) is 5.92 Å². The van der Waals surface area contributed by atoms with Gasteiger partial charge in [-0.25, -0.2) is 4.68 Å². The fraction of sp³-hybridized carbons (Fsp3) is 0.280. The molecule has 4 rings (SSSR count). The zero-order valence-electron chi connectivity index (χ0n) is 18.2. The second-order valence-electron chi connectivity index (χ2n) is 8.07. The third kappa shape index (κ3) is 4.32. The zero-order chi connectivity index (χ0) is 22.7. The van der Waals surface area contributed by atoms with E-state index in [9.17, 15) is 14.4 Å². The van der Waals surface area contributed by atoms with Gasteiger partial charge in [0.1, 0.15) is 0 Å². The van der Waals surface area contributed by atoms with Crippen molar-refractivity contribution in [1.82, 2.24) is 14.7 Å². The van der Waals surface area contributed by atoms with E-state index in [1.807, 2.05) is 60.7 Å². The number of benzene rings is 2. The van der Waals surface area contributed by atoms with E-state index < -0.39 is 11.7 Å². The molecule has 1 saturated heterocycles. The molecule has 3 aromatic rings. The van der Waals surface area contributed by atoms with Crippen molar-refractivity contribution in [1.29, 1.82) is 0 Å². The molecule has 7 nitrogen and oxygen atoms in total. The molecule has 2 heterocycles. The van der Waals surface area contributed by atoms with Gasteiger partial charge < -0.3 is 10.2 Å². The van der Waals surface area contributed by atoms with Gasteiger partial charge in [-0.15, -0.1) is 0 Å². The molecule has 0 spiro atoms. The average molecular weight is 431 g/mol. The number of Topliss-reactive ketones (excluding diaryl/α,β-unsaturated/α-hetero) is 1. The summed E-state index contributed by atoms with van der Waals surface area (Å²) >= 11 is 0. The summed E-state index contributed by atoms with van der Waals surface area (Å²) in [7, 11) is 0. The van der Waals surface area contributed by atoms with E-state index in [1.165, 1.54) is 4.90 Å². The molecule has 7 heteroatoms. The Kier molecular flexibility index (Phi) is 6.16. The topological polar surface area (TPSA) is 84.3 Å². The molecular weight excluding hydrogens is 404 g/mol. The number of carbonyl (C=O) groups is 3. The van der Waals surface area contributed by atoms with E-state index in [-0.39, 0.29) is 18.4 Å². The van der Waals surface area contributed by atoms with Crippen molar-refractivity contribution in [2.75, 3.05) is 18.4 Å². The van der Waals surface area contributed by atoms with Crippen LogP contribution in [0.5, 0.6) is 0 Å². The molecule has 1 atom stereocenters. The van der Waals surface area contributed by atoms with Gasteiger partial charge in [-0.1, -0.05) is 36.4 Å². The molecular formula is C25H26N4O3. The van der Waals surface area contributed by atoms with Gasteiger partial charge in [0.15, 0.2) is 0 Å². The third-order valence-electron chi connectivity index (χ3n) is 5.83. The molecule has 32 heavy (non-hydrogen) atoms. The van der Waals surface area contributed by atoms with Gasteiger partial charge in [0.2, 0.25) is 5.91 Å². The van der Waals surface area contributed by atoms with Crippen LogP contribution in [0.25, 0.3) is 5.69 Å². The molecule has 1 fully saturated rings. The summed E-state index contributed by atoms with van der Waals surface area (Å²) in [5, 5.41) is 7.38. The van der Waals surface area contributed by atoms with Gasteiger partial charge in [-0.05, 0) is 51.0 Å². The number of para-hydroxylation sites is 2. The van der Waals surface area contributed by atoms with Crippen molar-refractivity contribution in [3.05, 3.63) is 77.6 Å². The lowest BCUT2D eigenvalue weighted by Gasteiger charge is -2.31. The Morgan fingerprint density at radius 2 is 1.62 bits per heavy atom. The summed E-state index contributed by atoms with van der Waals surface area (Å²) < 4.78 is 1.68. The van der Waals surface area contributed by atoms with E-state index in [0.717, 1.165) is 11.4 Å². The minimum Gasteiger partial charge on any atom is -0.335 e. The van der Waals surface area contributed by atoms with Crippen LogP contribution in [-0.2, 0) is 9.59 Å². The molecule has 2 amide bonds. The van der Waals surface area contributed by atoms with Gasteiger partial charge in [-0.3, -0.25) is 14.4 Å². The highest BCUT2D eigenvalue weighted by molar-refractivity contribution is 6.43. The molecule has 1 aromatic heterocycles. The van der Waals surface area contributed by atoms with Gasteiger partial charge >= 0.3 is 0 Å². The second kappa shape index (κ2) is 9.18. The summed E-state index contributed by atoms with van der Waals surface area (Å²) in [6.07, 6.45) is 1.35. The van der Waals surface area contributed by atoms with E-state index in [1.54, 1.807) is 18.5 Å². The summed E-state index contributed by atoms with van der Waals surface area (Å²) in [6, 6.07) is 18.7. The van der Waals surface area contributed by atoms with Crippen LogP contribution < -0.4 is 5.32 Å². The van der Waals surface area contributed by atoms with E-state index in [4.69, 9.17) is 0 Å². The van der Waals surface area contributed by atoms with Crippen LogP contribution in [-0.4, -0.2) is 45.4 Å². The number of likely N-dealkylation sites (tertiary alicyclic amines) is 1. The number of ketones is 1. The van der Waals surface area contributed by atoms with Crippen LogP contribution in [0.15, 0.2) is 60.7 Å². The maximum absolute atomic E-state index is 13.2. The van der Waals surface area contributed by atoms with Crippen LogP contribution in [0.4, 0.5) is 5.69 Å². The van der Waals surface area contributed by atoms with Crippen molar-refractivity contribution < 1.29 is 14.4 Å². The van der Waals surface area contributed by atoms with Gasteiger partial charge in [0, 0.05) is 18.8 Å².